The smallest absolute Gasteiger partial charge is 0.140 e. The van der Waals surface area contributed by atoms with Crippen LogP contribution in [0, 0.1) is 0 Å². The van der Waals surface area contributed by atoms with Crippen molar-refractivity contribution in [3.05, 3.63) is 71.2 Å². The first-order chi connectivity index (χ1) is 9.33. The van der Waals surface area contributed by atoms with Crippen LogP contribution in [0.15, 0.2) is 65.7 Å². The van der Waals surface area contributed by atoms with Crippen molar-refractivity contribution in [2.75, 3.05) is 0 Å². The predicted octanol–water partition coefficient (Wildman–Crippen LogP) is 3.76. The van der Waals surface area contributed by atoms with Gasteiger partial charge >= 0.3 is 0 Å². The number of hydrogen-bond donors (Lipinski definition) is 0. The molecular formula is C15H12BrN3. The Kier molecular flexibility index (Phi) is 3.42. The summed E-state index contributed by atoms with van der Waals surface area (Å²) in [4.78, 5) is 8.62. The zero-order valence-corrected chi connectivity index (χ0v) is 11.8. The molecule has 0 N–H and O–H groups in total. The molecule has 3 rings (SSSR count). The van der Waals surface area contributed by atoms with E-state index in [1.54, 1.807) is 6.20 Å². The molecule has 0 spiro atoms. The molecule has 2 aromatic heterocycles. The minimum Gasteiger partial charge on any atom is -0.327 e. The van der Waals surface area contributed by atoms with Gasteiger partial charge in [-0.1, -0.05) is 30.3 Å². The number of halogens is 1. The molecule has 19 heavy (non-hydrogen) atoms. The van der Waals surface area contributed by atoms with Crippen LogP contribution < -0.4 is 0 Å². The molecule has 0 aliphatic heterocycles. The lowest BCUT2D eigenvalue weighted by Gasteiger charge is -2.08. The molecule has 94 valence electrons. The minimum absolute atomic E-state index is 0.761. The quantitative estimate of drug-likeness (QED) is 0.737. The molecule has 0 saturated carbocycles. The zero-order valence-electron chi connectivity index (χ0n) is 10.2. The van der Waals surface area contributed by atoms with Crippen molar-refractivity contribution >= 4 is 15.9 Å². The molecule has 0 atom stereocenters. The van der Waals surface area contributed by atoms with E-state index in [9.17, 15) is 0 Å². The van der Waals surface area contributed by atoms with Crippen LogP contribution in [0.1, 0.15) is 5.56 Å². The molecule has 2 heterocycles. The fourth-order valence-electron chi connectivity index (χ4n) is 2.02. The Bertz CT molecular complexity index is 677. The molecule has 3 nitrogen and oxygen atoms in total. The van der Waals surface area contributed by atoms with Gasteiger partial charge in [0.15, 0.2) is 0 Å². The summed E-state index contributed by atoms with van der Waals surface area (Å²) >= 11 is 3.44. The molecule has 1 aromatic carbocycles. The van der Waals surface area contributed by atoms with Crippen molar-refractivity contribution < 1.29 is 0 Å². The molecule has 0 saturated heterocycles. The number of aromatic nitrogens is 3. The summed E-state index contributed by atoms with van der Waals surface area (Å²) in [6, 6.07) is 12.3. The standard InChI is InChI=1S/C15H12BrN3/c16-14-8-12(9-17-10-14)11-19-7-6-18-15(19)13-4-2-1-3-5-13/h1-10H,11H2. The Labute approximate surface area is 120 Å². The number of nitrogens with zero attached hydrogens (tertiary/aromatic N) is 3. The highest BCUT2D eigenvalue weighted by Crippen LogP contribution is 2.18. The second-order valence-electron chi connectivity index (χ2n) is 4.26. The van der Waals surface area contributed by atoms with Gasteiger partial charge in [-0.25, -0.2) is 4.98 Å². The largest absolute Gasteiger partial charge is 0.327 e. The Morgan fingerprint density at radius 3 is 2.74 bits per heavy atom. The number of pyridine rings is 1. The Balaban J connectivity index is 1.93. The summed E-state index contributed by atoms with van der Waals surface area (Å²) in [6.45, 7) is 0.761. The molecule has 0 amide bonds. The van der Waals surface area contributed by atoms with Crippen LogP contribution in [0.25, 0.3) is 11.4 Å². The maximum Gasteiger partial charge on any atom is 0.140 e. The van der Waals surface area contributed by atoms with Crippen molar-refractivity contribution in [2.45, 2.75) is 6.54 Å². The van der Waals surface area contributed by atoms with Crippen molar-refractivity contribution in [1.82, 2.24) is 14.5 Å². The Morgan fingerprint density at radius 1 is 1.11 bits per heavy atom. The highest BCUT2D eigenvalue weighted by molar-refractivity contribution is 9.10. The van der Waals surface area contributed by atoms with E-state index in [0.29, 0.717) is 0 Å². The predicted molar refractivity (Wildman–Crippen MR) is 78.7 cm³/mol. The van der Waals surface area contributed by atoms with Gasteiger partial charge in [0.2, 0.25) is 0 Å². The van der Waals surface area contributed by atoms with Crippen molar-refractivity contribution in [3.63, 3.8) is 0 Å². The lowest BCUT2D eigenvalue weighted by molar-refractivity contribution is 0.802. The maximum atomic E-state index is 4.44. The van der Waals surface area contributed by atoms with Crippen LogP contribution in [0.2, 0.25) is 0 Å². The first kappa shape index (κ1) is 12.1. The molecule has 0 fully saturated rings. The molecule has 0 aliphatic rings. The Morgan fingerprint density at radius 2 is 1.95 bits per heavy atom. The summed E-state index contributed by atoms with van der Waals surface area (Å²) in [5, 5.41) is 0. The fraction of sp³-hybridized carbons (Fsp3) is 0.0667. The van der Waals surface area contributed by atoms with Crippen molar-refractivity contribution in [2.24, 2.45) is 0 Å². The topological polar surface area (TPSA) is 30.7 Å². The molecular weight excluding hydrogens is 302 g/mol. The molecule has 3 aromatic rings. The normalized spacial score (nSPS) is 10.6. The van der Waals surface area contributed by atoms with E-state index in [-0.39, 0.29) is 0 Å². The van der Waals surface area contributed by atoms with Crippen LogP contribution >= 0.6 is 15.9 Å². The van der Waals surface area contributed by atoms with Crippen LogP contribution in [-0.2, 0) is 6.54 Å². The van der Waals surface area contributed by atoms with Crippen LogP contribution in [-0.4, -0.2) is 14.5 Å². The van der Waals surface area contributed by atoms with E-state index in [4.69, 9.17) is 0 Å². The second kappa shape index (κ2) is 5.36. The summed E-state index contributed by atoms with van der Waals surface area (Å²) in [5.41, 5.74) is 2.26. The summed E-state index contributed by atoms with van der Waals surface area (Å²) in [7, 11) is 0. The minimum atomic E-state index is 0.761. The summed E-state index contributed by atoms with van der Waals surface area (Å²) in [5.74, 6) is 0.973. The number of rotatable bonds is 3. The Hall–Kier alpha value is -1.94. The number of benzene rings is 1. The monoisotopic (exact) mass is 313 g/mol. The van der Waals surface area contributed by atoms with Crippen LogP contribution in [0.5, 0.6) is 0 Å². The van der Waals surface area contributed by atoms with Crippen LogP contribution in [0.4, 0.5) is 0 Å². The second-order valence-corrected chi connectivity index (χ2v) is 5.17. The first-order valence-corrected chi connectivity index (χ1v) is 6.78. The SMILES string of the molecule is Brc1cncc(Cn2ccnc2-c2ccccc2)c1. The first-order valence-electron chi connectivity index (χ1n) is 5.99. The molecule has 0 unspecified atom stereocenters. The lowest BCUT2D eigenvalue weighted by atomic mass is 10.2. The van der Waals surface area contributed by atoms with Crippen LogP contribution in [0.3, 0.4) is 0 Å². The van der Waals surface area contributed by atoms with Gasteiger partial charge in [-0.15, -0.1) is 0 Å². The third-order valence-corrected chi connectivity index (χ3v) is 3.30. The van der Waals surface area contributed by atoms with E-state index in [2.05, 4.69) is 48.7 Å². The average Bonchev–Trinajstić information content (AvgIpc) is 2.88. The average molecular weight is 314 g/mol. The van der Waals surface area contributed by atoms with Gasteiger partial charge < -0.3 is 4.57 Å². The van der Waals surface area contributed by atoms with E-state index in [1.165, 1.54) is 0 Å². The van der Waals surface area contributed by atoms with Crippen molar-refractivity contribution in [3.8, 4) is 11.4 Å². The maximum absolute atomic E-state index is 4.44. The summed E-state index contributed by atoms with van der Waals surface area (Å²) < 4.78 is 3.12. The van der Waals surface area contributed by atoms with Gasteiger partial charge in [0, 0.05) is 34.8 Å². The molecule has 0 radical (unpaired) electrons. The fourth-order valence-corrected chi connectivity index (χ4v) is 2.44. The number of imidazole rings is 1. The number of hydrogen-bond acceptors (Lipinski definition) is 2. The zero-order chi connectivity index (χ0) is 13.1. The van der Waals surface area contributed by atoms with Gasteiger partial charge in [0.1, 0.15) is 5.82 Å². The van der Waals surface area contributed by atoms with E-state index < -0.39 is 0 Å². The van der Waals surface area contributed by atoms with Gasteiger partial charge in [0.25, 0.3) is 0 Å². The highest BCUT2D eigenvalue weighted by atomic mass is 79.9. The molecule has 0 bridgehead atoms. The highest BCUT2D eigenvalue weighted by Gasteiger charge is 2.06. The van der Waals surface area contributed by atoms with Gasteiger partial charge in [-0.2, -0.15) is 0 Å². The third-order valence-electron chi connectivity index (χ3n) is 2.86. The summed E-state index contributed by atoms with van der Waals surface area (Å²) in [6.07, 6.45) is 7.48. The molecule has 0 aliphatic carbocycles. The molecule has 4 heteroatoms. The van der Waals surface area contributed by atoms with Crippen molar-refractivity contribution in [1.29, 1.82) is 0 Å². The van der Waals surface area contributed by atoms with Gasteiger partial charge in [-0.3, -0.25) is 4.98 Å². The van der Waals surface area contributed by atoms with Gasteiger partial charge in [0.05, 0.1) is 6.54 Å². The van der Waals surface area contributed by atoms with Gasteiger partial charge in [-0.05, 0) is 27.6 Å². The third kappa shape index (κ3) is 2.74. The lowest BCUT2D eigenvalue weighted by Crippen LogP contribution is -2.01. The van der Waals surface area contributed by atoms with E-state index >= 15 is 0 Å². The van der Waals surface area contributed by atoms with E-state index in [0.717, 1.165) is 28.0 Å². The van der Waals surface area contributed by atoms with E-state index in [1.807, 2.05) is 36.8 Å².